The molecular formula is C16H25ClN2O. The second kappa shape index (κ2) is 8.28. The van der Waals surface area contributed by atoms with Crippen LogP contribution >= 0.6 is 12.4 Å². The molecule has 2 atom stereocenters. The maximum atomic E-state index is 12.1. The van der Waals surface area contributed by atoms with Gasteiger partial charge in [-0.25, -0.2) is 0 Å². The summed E-state index contributed by atoms with van der Waals surface area (Å²) in [4.78, 5) is 14.1. The van der Waals surface area contributed by atoms with Crippen LogP contribution in [-0.2, 0) is 11.2 Å². The Hall–Kier alpha value is -1.06. The topological polar surface area (TPSA) is 46.3 Å². The van der Waals surface area contributed by atoms with Gasteiger partial charge in [0.25, 0.3) is 0 Å². The van der Waals surface area contributed by atoms with Crippen molar-refractivity contribution < 1.29 is 4.79 Å². The summed E-state index contributed by atoms with van der Waals surface area (Å²) in [6.45, 7) is 3.68. The minimum absolute atomic E-state index is 0. The van der Waals surface area contributed by atoms with E-state index in [0.717, 1.165) is 25.8 Å². The molecule has 1 aliphatic rings. The van der Waals surface area contributed by atoms with Gasteiger partial charge in [-0.1, -0.05) is 30.3 Å². The number of amides is 1. The molecule has 1 amide bonds. The Balaban J connectivity index is 0.00000200. The van der Waals surface area contributed by atoms with Crippen molar-refractivity contribution >= 4 is 18.3 Å². The van der Waals surface area contributed by atoms with Gasteiger partial charge < -0.3 is 10.6 Å². The highest BCUT2D eigenvalue weighted by Gasteiger charge is 2.33. The summed E-state index contributed by atoms with van der Waals surface area (Å²) in [5, 5.41) is 0. The van der Waals surface area contributed by atoms with Gasteiger partial charge in [-0.2, -0.15) is 0 Å². The maximum Gasteiger partial charge on any atom is 0.222 e. The summed E-state index contributed by atoms with van der Waals surface area (Å²) in [5.41, 5.74) is 6.84. The summed E-state index contributed by atoms with van der Waals surface area (Å²) in [6, 6.07) is 10.9. The zero-order valence-corrected chi connectivity index (χ0v) is 12.9. The highest BCUT2D eigenvalue weighted by Crippen LogP contribution is 2.28. The molecule has 1 heterocycles. The fraction of sp³-hybridized carbons (Fsp3) is 0.562. The van der Waals surface area contributed by atoms with Crippen LogP contribution in [0.3, 0.4) is 0 Å². The third-order valence-corrected chi connectivity index (χ3v) is 4.17. The fourth-order valence-corrected chi connectivity index (χ4v) is 2.94. The molecule has 1 aromatic carbocycles. The summed E-state index contributed by atoms with van der Waals surface area (Å²) >= 11 is 0. The number of hydrogen-bond donors (Lipinski definition) is 1. The second-order valence-electron chi connectivity index (χ2n) is 5.46. The van der Waals surface area contributed by atoms with Crippen molar-refractivity contribution in [2.45, 2.75) is 38.6 Å². The molecule has 1 saturated heterocycles. The number of carbonyl (C=O) groups is 1. The van der Waals surface area contributed by atoms with E-state index in [-0.39, 0.29) is 18.3 Å². The quantitative estimate of drug-likeness (QED) is 0.908. The van der Waals surface area contributed by atoms with Gasteiger partial charge in [0, 0.05) is 19.0 Å². The van der Waals surface area contributed by atoms with E-state index in [9.17, 15) is 4.79 Å². The van der Waals surface area contributed by atoms with Crippen LogP contribution in [0.15, 0.2) is 30.3 Å². The molecule has 1 aromatic rings. The molecule has 1 fully saturated rings. The van der Waals surface area contributed by atoms with Crippen LogP contribution in [0, 0.1) is 5.92 Å². The van der Waals surface area contributed by atoms with E-state index in [4.69, 9.17) is 5.73 Å². The van der Waals surface area contributed by atoms with Gasteiger partial charge in [0.05, 0.1) is 0 Å². The van der Waals surface area contributed by atoms with Crippen molar-refractivity contribution in [2.75, 3.05) is 13.1 Å². The van der Waals surface area contributed by atoms with Crippen LogP contribution in [0.25, 0.3) is 0 Å². The predicted molar refractivity (Wildman–Crippen MR) is 85.0 cm³/mol. The summed E-state index contributed by atoms with van der Waals surface area (Å²) in [6.07, 6.45) is 3.58. The van der Waals surface area contributed by atoms with Gasteiger partial charge >= 0.3 is 0 Å². The van der Waals surface area contributed by atoms with E-state index in [1.54, 1.807) is 0 Å². The third-order valence-electron chi connectivity index (χ3n) is 4.17. The largest absolute Gasteiger partial charge is 0.340 e. The molecule has 0 aromatic heterocycles. The number of benzene rings is 1. The van der Waals surface area contributed by atoms with Crippen molar-refractivity contribution in [3.8, 4) is 0 Å². The van der Waals surface area contributed by atoms with Gasteiger partial charge in [0.1, 0.15) is 0 Å². The summed E-state index contributed by atoms with van der Waals surface area (Å²) in [7, 11) is 0. The molecule has 0 spiro atoms. The molecular weight excluding hydrogens is 272 g/mol. The maximum absolute atomic E-state index is 12.1. The summed E-state index contributed by atoms with van der Waals surface area (Å²) < 4.78 is 0. The fourth-order valence-electron chi connectivity index (χ4n) is 2.94. The van der Waals surface area contributed by atoms with Crippen molar-refractivity contribution in [1.29, 1.82) is 0 Å². The lowest BCUT2D eigenvalue weighted by molar-refractivity contribution is -0.132. The van der Waals surface area contributed by atoms with E-state index in [1.165, 1.54) is 5.56 Å². The number of nitrogens with zero attached hydrogens (tertiary/aromatic N) is 1. The second-order valence-corrected chi connectivity index (χ2v) is 5.46. The van der Waals surface area contributed by atoms with Crippen LogP contribution in [0.1, 0.15) is 31.7 Å². The van der Waals surface area contributed by atoms with Crippen molar-refractivity contribution in [3.63, 3.8) is 0 Å². The van der Waals surface area contributed by atoms with Crippen molar-refractivity contribution in [2.24, 2.45) is 11.7 Å². The van der Waals surface area contributed by atoms with Crippen LogP contribution in [0.2, 0.25) is 0 Å². The molecule has 2 N–H and O–H groups in total. The van der Waals surface area contributed by atoms with E-state index in [1.807, 2.05) is 11.0 Å². The van der Waals surface area contributed by atoms with Crippen molar-refractivity contribution in [1.82, 2.24) is 4.90 Å². The first-order chi connectivity index (χ1) is 9.22. The third kappa shape index (κ3) is 4.22. The van der Waals surface area contributed by atoms with Crippen LogP contribution in [0.5, 0.6) is 0 Å². The molecule has 0 saturated carbocycles. The lowest BCUT2D eigenvalue weighted by atomic mass is 9.93. The minimum Gasteiger partial charge on any atom is -0.340 e. The molecule has 2 rings (SSSR count). The highest BCUT2D eigenvalue weighted by atomic mass is 35.5. The average Bonchev–Trinajstić information content (AvgIpc) is 2.79. The van der Waals surface area contributed by atoms with Gasteiger partial charge in [0.15, 0.2) is 0 Å². The first-order valence-corrected chi connectivity index (χ1v) is 7.26. The number of rotatable bonds is 5. The molecule has 0 radical (unpaired) electrons. The number of likely N-dealkylation sites (tertiary alicyclic amines) is 1. The minimum atomic E-state index is 0. The van der Waals surface area contributed by atoms with Crippen LogP contribution < -0.4 is 5.73 Å². The molecule has 0 bridgehead atoms. The van der Waals surface area contributed by atoms with Crippen molar-refractivity contribution in [3.05, 3.63) is 35.9 Å². The normalized spacial score (nSPS) is 21.6. The smallest absolute Gasteiger partial charge is 0.222 e. The van der Waals surface area contributed by atoms with Gasteiger partial charge in [0.2, 0.25) is 5.91 Å². The molecule has 1 aliphatic heterocycles. The highest BCUT2D eigenvalue weighted by molar-refractivity contribution is 5.85. The lowest BCUT2D eigenvalue weighted by Crippen LogP contribution is -2.36. The Morgan fingerprint density at radius 2 is 2.05 bits per heavy atom. The number of carbonyl (C=O) groups excluding carboxylic acids is 1. The molecule has 2 unspecified atom stereocenters. The molecule has 112 valence electrons. The SMILES string of the molecule is CC1C(Cc2ccccc2)CCN1C(=O)CCCN.Cl. The molecule has 3 nitrogen and oxygen atoms in total. The van der Waals surface area contributed by atoms with E-state index < -0.39 is 0 Å². The van der Waals surface area contributed by atoms with E-state index in [0.29, 0.717) is 24.9 Å². The Bertz CT molecular complexity index is 410. The Labute approximate surface area is 127 Å². The predicted octanol–water partition coefficient (Wildman–Crippen LogP) is 2.63. The Kier molecular flexibility index (Phi) is 7.03. The Morgan fingerprint density at radius 1 is 1.35 bits per heavy atom. The van der Waals surface area contributed by atoms with Gasteiger partial charge in [-0.3, -0.25) is 4.79 Å². The molecule has 20 heavy (non-hydrogen) atoms. The first-order valence-electron chi connectivity index (χ1n) is 7.26. The van der Waals surface area contributed by atoms with Gasteiger partial charge in [-0.15, -0.1) is 12.4 Å². The molecule has 0 aliphatic carbocycles. The van der Waals surface area contributed by atoms with Crippen LogP contribution in [0.4, 0.5) is 0 Å². The monoisotopic (exact) mass is 296 g/mol. The first kappa shape index (κ1) is 17.0. The number of nitrogens with two attached hydrogens (primary N) is 1. The van der Waals surface area contributed by atoms with Crippen LogP contribution in [-0.4, -0.2) is 29.9 Å². The van der Waals surface area contributed by atoms with Gasteiger partial charge in [-0.05, 0) is 44.2 Å². The lowest BCUT2D eigenvalue weighted by Gasteiger charge is -2.25. The zero-order valence-electron chi connectivity index (χ0n) is 12.1. The molecule has 4 heteroatoms. The number of halogens is 1. The summed E-state index contributed by atoms with van der Waals surface area (Å²) in [5.74, 6) is 0.859. The average molecular weight is 297 g/mol. The standard InChI is InChI=1S/C16H24N2O.ClH/c1-13-15(12-14-6-3-2-4-7-14)9-11-18(13)16(19)8-5-10-17;/h2-4,6-7,13,15H,5,8-12,17H2,1H3;1H. The Morgan fingerprint density at radius 3 is 2.70 bits per heavy atom. The number of hydrogen-bond acceptors (Lipinski definition) is 2. The zero-order chi connectivity index (χ0) is 13.7. The van der Waals surface area contributed by atoms with E-state index in [2.05, 4.69) is 31.2 Å². The van der Waals surface area contributed by atoms with E-state index >= 15 is 0 Å².